The Labute approximate surface area is 138 Å². The van der Waals surface area contributed by atoms with Crippen LogP contribution in [0.4, 0.5) is 0 Å². The van der Waals surface area contributed by atoms with Crippen molar-refractivity contribution in [3.63, 3.8) is 0 Å². The lowest BCUT2D eigenvalue weighted by atomic mass is 10.0. The summed E-state index contributed by atoms with van der Waals surface area (Å²) in [7, 11) is 1.81. The summed E-state index contributed by atoms with van der Waals surface area (Å²) >= 11 is 16.8. The minimum Gasteiger partial charge on any atom is -0.391 e. The molecule has 114 valence electrons. The van der Waals surface area contributed by atoms with Crippen molar-refractivity contribution in [1.82, 2.24) is 14.8 Å². The maximum Gasteiger partial charge on any atom is 0.215 e. The maximum absolute atomic E-state index is 9.84. The van der Waals surface area contributed by atoms with E-state index in [-0.39, 0.29) is 4.87 Å². The number of nitrogens with one attached hydrogen (secondary N) is 1. The molecule has 3 rings (SSSR count). The van der Waals surface area contributed by atoms with Crippen LogP contribution in [-0.2, 0) is 13.5 Å². The molecule has 1 atom stereocenters. The third-order valence-corrected chi connectivity index (χ3v) is 4.79. The molecule has 21 heavy (non-hydrogen) atoms. The summed E-state index contributed by atoms with van der Waals surface area (Å²) in [6, 6.07) is 7.55. The molecular weight excluding hydrogens is 329 g/mol. The number of benzene rings is 1. The standard InChI is InChI=1S/C11H12Cl2O.C3H5N3S/c12-9-4-2-1-3-8(9)7-10(14)11(13)5-6-11;1-6-3(7)4-2-5-6/h1-4,10,14H,5-7H2;2H,1H3,(H,4,5,7). The van der Waals surface area contributed by atoms with Gasteiger partial charge in [0.05, 0.1) is 11.0 Å². The number of nitrogens with zero attached hydrogens (tertiary/aromatic N) is 2. The van der Waals surface area contributed by atoms with Crippen molar-refractivity contribution in [1.29, 1.82) is 0 Å². The minimum atomic E-state index is -0.482. The van der Waals surface area contributed by atoms with Crippen molar-refractivity contribution in [3.8, 4) is 0 Å². The number of hydrogen-bond acceptors (Lipinski definition) is 3. The van der Waals surface area contributed by atoms with E-state index in [4.69, 9.17) is 35.4 Å². The fraction of sp³-hybridized carbons (Fsp3) is 0.429. The normalized spacial score (nSPS) is 16.8. The van der Waals surface area contributed by atoms with Crippen LogP contribution in [0.2, 0.25) is 5.02 Å². The van der Waals surface area contributed by atoms with E-state index in [0.29, 0.717) is 16.2 Å². The van der Waals surface area contributed by atoms with Gasteiger partial charge in [0, 0.05) is 18.5 Å². The smallest absolute Gasteiger partial charge is 0.215 e. The van der Waals surface area contributed by atoms with Gasteiger partial charge >= 0.3 is 0 Å². The Morgan fingerprint density at radius 3 is 2.57 bits per heavy atom. The highest BCUT2D eigenvalue weighted by atomic mass is 35.5. The second-order valence-electron chi connectivity index (χ2n) is 5.07. The Morgan fingerprint density at radius 1 is 1.48 bits per heavy atom. The molecule has 0 spiro atoms. The first kappa shape index (κ1) is 16.5. The SMILES string of the molecule is Cn1[nH]cnc1=S.OC(Cc1ccccc1Cl)C1(Cl)CC1. The molecule has 1 heterocycles. The lowest BCUT2D eigenvalue weighted by Gasteiger charge is -2.16. The number of aryl methyl sites for hydroxylation is 1. The van der Waals surface area contributed by atoms with Gasteiger partial charge in [-0.1, -0.05) is 29.8 Å². The van der Waals surface area contributed by atoms with Crippen molar-refractivity contribution >= 4 is 35.4 Å². The average molecular weight is 346 g/mol. The zero-order valence-corrected chi connectivity index (χ0v) is 13.9. The van der Waals surface area contributed by atoms with Crippen LogP contribution in [0.5, 0.6) is 0 Å². The van der Waals surface area contributed by atoms with Crippen LogP contribution in [0.25, 0.3) is 0 Å². The van der Waals surface area contributed by atoms with Crippen LogP contribution in [-0.4, -0.2) is 30.8 Å². The molecule has 7 heteroatoms. The summed E-state index contributed by atoms with van der Waals surface area (Å²) in [5.74, 6) is 0. The summed E-state index contributed by atoms with van der Waals surface area (Å²) in [4.78, 5) is 3.36. The number of halogens is 2. The van der Waals surface area contributed by atoms with Crippen LogP contribution in [0.1, 0.15) is 18.4 Å². The van der Waals surface area contributed by atoms with Gasteiger partial charge in [-0.25, -0.2) is 4.98 Å². The van der Waals surface area contributed by atoms with E-state index in [9.17, 15) is 5.11 Å². The average Bonchev–Trinajstić information content (AvgIpc) is 3.11. The van der Waals surface area contributed by atoms with E-state index in [2.05, 4.69) is 10.1 Å². The third-order valence-electron chi connectivity index (χ3n) is 3.41. The van der Waals surface area contributed by atoms with E-state index in [1.54, 1.807) is 11.0 Å². The van der Waals surface area contributed by atoms with Gasteiger partial charge in [-0.2, -0.15) is 0 Å². The van der Waals surface area contributed by atoms with Crippen molar-refractivity contribution in [2.45, 2.75) is 30.2 Å². The molecule has 0 amide bonds. The number of H-pyrrole nitrogens is 1. The first-order valence-corrected chi connectivity index (χ1v) is 7.75. The monoisotopic (exact) mass is 345 g/mol. The minimum absolute atomic E-state index is 0.376. The molecule has 0 bridgehead atoms. The van der Waals surface area contributed by atoms with Gasteiger partial charge in [0.2, 0.25) is 4.77 Å². The molecule has 1 aliphatic carbocycles. The van der Waals surface area contributed by atoms with E-state index >= 15 is 0 Å². The number of hydrogen-bond donors (Lipinski definition) is 2. The molecule has 0 radical (unpaired) electrons. The highest BCUT2D eigenvalue weighted by Crippen LogP contribution is 2.46. The summed E-state index contributed by atoms with van der Waals surface area (Å²) in [6.07, 6.45) is 3.43. The van der Waals surface area contributed by atoms with Gasteiger partial charge < -0.3 is 5.11 Å². The fourth-order valence-electron chi connectivity index (χ4n) is 1.82. The molecule has 0 saturated heterocycles. The zero-order chi connectivity index (χ0) is 15.5. The molecule has 4 nitrogen and oxygen atoms in total. The highest BCUT2D eigenvalue weighted by molar-refractivity contribution is 7.71. The molecule has 1 aromatic carbocycles. The number of alkyl halides is 1. The first-order chi connectivity index (χ1) is 9.92. The van der Waals surface area contributed by atoms with Gasteiger partial charge in [0.1, 0.15) is 6.33 Å². The summed E-state index contributed by atoms with van der Waals surface area (Å²) < 4.78 is 2.25. The summed E-state index contributed by atoms with van der Waals surface area (Å²) in [5.41, 5.74) is 0.966. The van der Waals surface area contributed by atoms with Crippen LogP contribution >= 0.6 is 35.4 Å². The highest BCUT2D eigenvalue weighted by Gasteiger charge is 2.47. The first-order valence-electron chi connectivity index (χ1n) is 6.59. The van der Waals surface area contributed by atoms with Gasteiger partial charge in [-0.3, -0.25) is 9.78 Å². The largest absolute Gasteiger partial charge is 0.391 e. The topological polar surface area (TPSA) is 53.8 Å². The zero-order valence-electron chi connectivity index (χ0n) is 11.6. The van der Waals surface area contributed by atoms with Gasteiger partial charge in [-0.05, 0) is 36.7 Å². The lowest BCUT2D eigenvalue weighted by Crippen LogP contribution is -2.24. The number of rotatable bonds is 3. The molecule has 0 aliphatic heterocycles. The second kappa shape index (κ2) is 6.92. The Morgan fingerprint density at radius 2 is 2.14 bits per heavy atom. The van der Waals surface area contributed by atoms with E-state index in [1.165, 1.54) is 0 Å². The van der Waals surface area contributed by atoms with E-state index < -0.39 is 6.10 Å². The Bertz CT molecular complexity index is 651. The fourth-order valence-corrected chi connectivity index (χ4v) is 2.31. The van der Waals surface area contributed by atoms with Crippen LogP contribution in [0, 0.1) is 4.77 Å². The number of aliphatic hydroxyl groups is 1. The summed E-state index contributed by atoms with van der Waals surface area (Å²) in [6.45, 7) is 0. The molecule has 1 aliphatic rings. The number of aromatic amines is 1. The Balaban J connectivity index is 0.000000194. The summed E-state index contributed by atoms with van der Waals surface area (Å²) in [5, 5.41) is 13.3. The van der Waals surface area contributed by atoms with E-state index in [0.717, 1.165) is 18.4 Å². The second-order valence-corrected chi connectivity index (χ2v) is 6.60. The van der Waals surface area contributed by atoms with Crippen molar-refractivity contribution in [3.05, 3.63) is 45.9 Å². The molecule has 2 N–H and O–H groups in total. The predicted octanol–water partition coefficient (Wildman–Crippen LogP) is 3.49. The van der Waals surface area contributed by atoms with Crippen molar-refractivity contribution < 1.29 is 5.11 Å². The van der Waals surface area contributed by atoms with Gasteiger partial charge in [0.15, 0.2) is 0 Å². The molecule has 1 fully saturated rings. The lowest BCUT2D eigenvalue weighted by molar-refractivity contribution is 0.162. The molecular formula is C14H17Cl2N3OS. The molecule has 1 aromatic heterocycles. The van der Waals surface area contributed by atoms with E-state index in [1.807, 2.05) is 31.3 Å². The Hall–Kier alpha value is -0.880. The van der Waals surface area contributed by atoms with Crippen molar-refractivity contribution in [2.75, 3.05) is 0 Å². The number of aromatic nitrogens is 3. The maximum atomic E-state index is 9.84. The van der Waals surface area contributed by atoms with Crippen molar-refractivity contribution in [2.24, 2.45) is 7.05 Å². The van der Waals surface area contributed by atoms with Gasteiger partial charge in [0.25, 0.3) is 0 Å². The van der Waals surface area contributed by atoms with Gasteiger partial charge in [-0.15, -0.1) is 11.6 Å². The molecule has 2 aromatic rings. The van der Waals surface area contributed by atoms with Crippen LogP contribution in [0.3, 0.4) is 0 Å². The van der Waals surface area contributed by atoms with Crippen LogP contribution < -0.4 is 0 Å². The Kier molecular flexibility index (Phi) is 5.43. The molecule has 1 unspecified atom stereocenters. The third kappa shape index (κ3) is 4.54. The number of aliphatic hydroxyl groups excluding tert-OH is 1. The quantitative estimate of drug-likeness (QED) is 0.661. The predicted molar refractivity (Wildman–Crippen MR) is 87.4 cm³/mol. The van der Waals surface area contributed by atoms with Crippen LogP contribution in [0.15, 0.2) is 30.6 Å². The molecule has 1 saturated carbocycles.